The lowest BCUT2D eigenvalue weighted by molar-refractivity contribution is -0.148. The molecule has 1 aromatic carbocycles. The highest BCUT2D eigenvalue weighted by Gasteiger charge is 2.38. The second-order valence-electron chi connectivity index (χ2n) is 9.29. The molecule has 1 aliphatic heterocycles. The molecular formula is C23H37N3O7Si. The van der Waals surface area contributed by atoms with Gasteiger partial charge in [0.1, 0.15) is 12.6 Å². The van der Waals surface area contributed by atoms with E-state index in [1.807, 2.05) is 30.3 Å². The van der Waals surface area contributed by atoms with E-state index < -0.39 is 44.4 Å². The fraction of sp³-hybridized carbons (Fsp3) is 0.609. The number of nitrogens with two attached hydrogens (primary N) is 1. The van der Waals surface area contributed by atoms with Crippen LogP contribution in [-0.4, -0.2) is 82.2 Å². The standard InChI is InChI=1S/C23H37N3O7Si/c1-5-30-21(27)20(25-22(28)32-13-14-34(2,3)4)19(24)18-15-26(11-12-31-18)23(29)33-16-17-9-7-6-8-10-17/h6-10,18-20H,5,11-16,24H2,1-4H3,(H,25,28)/t18-,19-,20+/m1/s1. The average molecular weight is 496 g/mol. The molecule has 11 heteroatoms. The summed E-state index contributed by atoms with van der Waals surface area (Å²) < 4.78 is 21.5. The molecule has 2 rings (SSSR count). The number of nitrogens with one attached hydrogen (secondary N) is 1. The zero-order valence-electron chi connectivity index (χ0n) is 20.5. The van der Waals surface area contributed by atoms with Crippen molar-refractivity contribution >= 4 is 26.2 Å². The predicted octanol–water partition coefficient (Wildman–Crippen LogP) is 2.35. The van der Waals surface area contributed by atoms with Crippen LogP contribution in [-0.2, 0) is 30.3 Å². The summed E-state index contributed by atoms with van der Waals surface area (Å²) in [5.41, 5.74) is 7.20. The van der Waals surface area contributed by atoms with Crippen LogP contribution in [0, 0.1) is 0 Å². The molecule has 0 saturated carbocycles. The SMILES string of the molecule is CCOC(=O)[C@@H](NC(=O)OCC[Si](C)(C)C)[C@H](N)[C@H]1CN(C(=O)OCc2ccccc2)CCO1. The quantitative estimate of drug-likeness (QED) is 0.287. The third-order valence-corrected chi connectivity index (χ3v) is 6.97. The number of alkyl carbamates (subject to hydrolysis) is 1. The molecule has 0 unspecified atom stereocenters. The third-order valence-electron chi connectivity index (χ3n) is 5.27. The number of rotatable bonds is 10. The maximum Gasteiger partial charge on any atom is 0.410 e. The van der Waals surface area contributed by atoms with Crippen molar-refractivity contribution in [3.63, 3.8) is 0 Å². The first-order valence-electron chi connectivity index (χ1n) is 11.5. The number of hydrogen-bond acceptors (Lipinski definition) is 8. The van der Waals surface area contributed by atoms with Gasteiger partial charge in [-0.1, -0.05) is 50.0 Å². The van der Waals surface area contributed by atoms with E-state index in [4.69, 9.17) is 24.7 Å². The second-order valence-corrected chi connectivity index (χ2v) is 14.9. The minimum absolute atomic E-state index is 0.108. The van der Waals surface area contributed by atoms with Crippen molar-refractivity contribution in [1.82, 2.24) is 10.2 Å². The molecular weight excluding hydrogens is 458 g/mol. The van der Waals surface area contributed by atoms with Crippen molar-refractivity contribution in [1.29, 1.82) is 0 Å². The number of ether oxygens (including phenoxy) is 4. The minimum atomic E-state index is -1.38. The van der Waals surface area contributed by atoms with E-state index >= 15 is 0 Å². The van der Waals surface area contributed by atoms with Gasteiger partial charge in [-0.25, -0.2) is 14.4 Å². The zero-order valence-corrected chi connectivity index (χ0v) is 21.5. The lowest BCUT2D eigenvalue weighted by Crippen LogP contribution is -2.62. The van der Waals surface area contributed by atoms with E-state index in [1.165, 1.54) is 4.90 Å². The monoisotopic (exact) mass is 495 g/mol. The predicted molar refractivity (Wildman–Crippen MR) is 129 cm³/mol. The van der Waals surface area contributed by atoms with Crippen molar-refractivity contribution in [3.05, 3.63) is 35.9 Å². The minimum Gasteiger partial charge on any atom is -0.464 e. The van der Waals surface area contributed by atoms with Gasteiger partial charge in [0.05, 0.1) is 38.5 Å². The highest BCUT2D eigenvalue weighted by Crippen LogP contribution is 2.14. The Bertz CT molecular complexity index is 804. The van der Waals surface area contributed by atoms with Crippen LogP contribution >= 0.6 is 0 Å². The van der Waals surface area contributed by atoms with E-state index in [2.05, 4.69) is 25.0 Å². The number of benzene rings is 1. The van der Waals surface area contributed by atoms with E-state index in [1.54, 1.807) is 6.92 Å². The van der Waals surface area contributed by atoms with Gasteiger partial charge in [0.25, 0.3) is 0 Å². The first kappa shape index (κ1) is 27.6. The molecule has 2 amide bonds. The Kier molecular flexibility index (Phi) is 10.8. The normalized spacial score (nSPS) is 17.9. The largest absolute Gasteiger partial charge is 0.464 e. The Balaban J connectivity index is 1.96. The van der Waals surface area contributed by atoms with Crippen LogP contribution in [0.3, 0.4) is 0 Å². The Morgan fingerprint density at radius 3 is 2.53 bits per heavy atom. The van der Waals surface area contributed by atoms with Gasteiger partial charge in [0, 0.05) is 14.6 Å². The number of nitrogens with zero attached hydrogens (tertiary/aromatic N) is 1. The van der Waals surface area contributed by atoms with Gasteiger partial charge in [0.15, 0.2) is 0 Å². The number of esters is 1. The second kappa shape index (κ2) is 13.3. The summed E-state index contributed by atoms with van der Waals surface area (Å²) in [4.78, 5) is 38.9. The number of morpholine rings is 1. The summed E-state index contributed by atoms with van der Waals surface area (Å²) in [6, 6.07) is 7.99. The summed E-state index contributed by atoms with van der Waals surface area (Å²) in [6.45, 7) is 9.34. The highest BCUT2D eigenvalue weighted by molar-refractivity contribution is 6.76. The fourth-order valence-electron chi connectivity index (χ4n) is 3.26. The highest BCUT2D eigenvalue weighted by atomic mass is 28.3. The van der Waals surface area contributed by atoms with Crippen molar-refractivity contribution in [2.45, 2.75) is 57.4 Å². The van der Waals surface area contributed by atoms with Crippen molar-refractivity contribution in [2.75, 3.05) is 32.9 Å². The van der Waals surface area contributed by atoms with E-state index in [0.717, 1.165) is 11.6 Å². The van der Waals surface area contributed by atoms with Crippen LogP contribution in [0.25, 0.3) is 0 Å². The van der Waals surface area contributed by atoms with Crippen LogP contribution in [0.4, 0.5) is 9.59 Å². The van der Waals surface area contributed by atoms with Gasteiger partial charge in [-0.05, 0) is 18.5 Å². The van der Waals surface area contributed by atoms with Gasteiger partial charge < -0.3 is 34.9 Å². The van der Waals surface area contributed by atoms with Crippen LogP contribution in [0.5, 0.6) is 0 Å². The Morgan fingerprint density at radius 2 is 1.88 bits per heavy atom. The van der Waals surface area contributed by atoms with E-state index in [9.17, 15) is 14.4 Å². The van der Waals surface area contributed by atoms with Gasteiger partial charge in [-0.2, -0.15) is 0 Å². The lowest BCUT2D eigenvalue weighted by Gasteiger charge is -2.37. The summed E-state index contributed by atoms with van der Waals surface area (Å²) in [5.74, 6) is -0.690. The topological polar surface area (TPSA) is 129 Å². The molecule has 1 fully saturated rings. The Morgan fingerprint density at radius 1 is 1.18 bits per heavy atom. The fourth-order valence-corrected chi connectivity index (χ4v) is 3.98. The number of hydrogen-bond donors (Lipinski definition) is 2. The first-order valence-corrected chi connectivity index (χ1v) is 15.2. The van der Waals surface area contributed by atoms with Crippen LogP contribution in [0.2, 0.25) is 25.7 Å². The number of carbonyl (C=O) groups is 3. The van der Waals surface area contributed by atoms with Gasteiger partial charge >= 0.3 is 18.2 Å². The summed E-state index contributed by atoms with van der Waals surface area (Å²) in [5, 5.41) is 2.52. The summed E-state index contributed by atoms with van der Waals surface area (Å²) in [7, 11) is -1.38. The maximum absolute atomic E-state index is 12.6. The van der Waals surface area contributed by atoms with Crippen molar-refractivity contribution in [3.8, 4) is 0 Å². The lowest BCUT2D eigenvalue weighted by atomic mass is 10.0. The molecule has 0 bridgehead atoms. The summed E-state index contributed by atoms with van der Waals surface area (Å²) >= 11 is 0. The van der Waals surface area contributed by atoms with Crippen molar-refractivity contribution < 1.29 is 33.3 Å². The molecule has 0 radical (unpaired) electrons. The van der Waals surface area contributed by atoms with Crippen LogP contribution in [0.1, 0.15) is 12.5 Å². The molecule has 190 valence electrons. The number of amides is 2. The molecule has 1 heterocycles. The molecule has 0 aromatic heterocycles. The van der Waals surface area contributed by atoms with Crippen molar-refractivity contribution in [2.24, 2.45) is 5.73 Å². The zero-order chi connectivity index (χ0) is 25.1. The molecule has 34 heavy (non-hydrogen) atoms. The average Bonchev–Trinajstić information content (AvgIpc) is 2.80. The van der Waals surface area contributed by atoms with Gasteiger partial charge in [0.2, 0.25) is 0 Å². The molecule has 1 aromatic rings. The van der Waals surface area contributed by atoms with Crippen LogP contribution < -0.4 is 11.1 Å². The van der Waals surface area contributed by atoms with Gasteiger partial charge in [-0.3, -0.25) is 0 Å². The molecule has 10 nitrogen and oxygen atoms in total. The smallest absolute Gasteiger partial charge is 0.410 e. The maximum atomic E-state index is 12.6. The Labute approximate surface area is 202 Å². The molecule has 0 spiro atoms. The number of carbonyl (C=O) groups excluding carboxylic acids is 3. The van der Waals surface area contributed by atoms with E-state index in [0.29, 0.717) is 6.54 Å². The molecule has 0 aliphatic carbocycles. The third kappa shape index (κ3) is 9.32. The van der Waals surface area contributed by atoms with Gasteiger partial charge in [-0.15, -0.1) is 0 Å². The molecule has 3 atom stereocenters. The summed E-state index contributed by atoms with van der Waals surface area (Å²) in [6.07, 6.45) is -1.97. The molecule has 1 saturated heterocycles. The Hall–Kier alpha value is -2.63. The molecule has 3 N–H and O–H groups in total. The van der Waals surface area contributed by atoms with Crippen LogP contribution in [0.15, 0.2) is 30.3 Å². The molecule has 1 aliphatic rings. The van der Waals surface area contributed by atoms with E-state index in [-0.39, 0.29) is 33.0 Å². The first-order chi connectivity index (χ1) is 16.1.